The second kappa shape index (κ2) is 14.7. The molecule has 0 amide bonds. The first-order valence-corrected chi connectivity index (χ1v) is 10.8. The molecular weight excluding hydrogens is 394 g/mol. The van der Waals surface area contributed by atoms with Crippen LogP contribution < -0.4 is 0 Å². The van der Waals surface area contributed by atoms with Gasteiger partial charge in [-0.25, -0.2) is 0 Å². The number of hydrogen-bond donors (Lipinski definition) is 2. The van der Waals surface area contributed by atoms with Crippen LogP contribution in [0.5, 0.6) is 0 Å². The quantitative estimate of drug-likeness (QED) is 0.283. The molecule has 0 aromatic heterocycles. The van der Waals surface area contributed by atoms with Gasteiger partial charge in [-0.3, -0.25) is 14.5 Å². The van der Waals surface area contributed by atoms with Crippen molar-refractivity contribution in [3.8, 4) is 0 Å². The lowest BCUT2D eigenvalue weighted by atomic mass is 10.2. The number of β-amino-alcohol motifs (C(OH)–C–C–N with tert-alkyl or cyclic N) is 2. The molecule has 1 aliphatic rings. The Morgan fingerprint density at radius 2 is 1.20 bits per heavy atom. The molecule has 0 saturated carbocycles. The molecule has 0 aliphatic carbocycles. The Kier molecular flexibility index (Phi) is 13.1. The molecule has 1 aliphatic heterocycles. The maximum Gasteiger partial charge on any atom is 0.308 e. The van der Waals surface area contributed by atoms with Gasteiger partial charge in [0.2, 0.25) is 0 Å². The van der Waals surface area contributed by atoms with Gasteiger partial charge in [0.1, 0.15) is 0 Å². The number of rotatable bonds is 15. The van der Waals surface area contributed by atoms with Crippen molar-refractivity contribution in [2.24, 2.45) is 11.8 Å². The molecule has 0 radical (unpaired) electrons. The van der Waals surface area contributed by atoms with E-state index in [1.807, 2.05) is 32.6 Å². The standard InChI is InChI=1S/C21H39NO8/c1-15(2)11-29-20(25)5-7-27-13-17(22-9-18(23)19(24)10-22)14-28-8-6-21(26)30-12-16(3)4/h15-19,23-24H,5-14H2,1-4H3/t18-,19+. The third-order valence-electron chi connectivity index (χ3n) is 4.48. The maximum absolute atomic E-state index is 11.7. The number of aliphatic hydroxyl groups is 2. The maximum atomic E-state index is 11.7. The summed E-state index contributed by atoms with van der Waals surface area (Å²) in [5, 5.41) is 19.6. The zero-order valence-corrected chi connectivity index (χ0v) is 18.7. The third-order valence-corrected chi connectivity index (χ3v) is 4.48. The number of carbonyl (C=O) groups excluding carboxylic acids is 2. The molecule has 0 aromatic rings. The fourth-order valence-corrected chi connectivity index (χ4v) is 2.77. The highest BCUT2D eigenvalue weighted by Crippen LogP contribution is 2.14. The van der Waals surface area contributed by atoms with Crippen molar-refractivity contribution in [2.75, 3.05) is 52.7 Å². The van der Waals surface area contributed by atoms with Gasteiger partial charge in [-0.2, -0.15) is 0 Å². The lowest BCUT2D eigenvalue weighted by molar-refractivity contribution is -0.146. The zero-order chi connectivity index (χ0) is 22.5. The zero-order valence-electron chi connectivity index (χ0n) is 18.7. The SMILES string of the molecule is CC(C)COC(=O)CCOCC(COCCC(=O)OCC(C)C)N1C[C@@H](O)[C@@H](O)C1. The summed E-state index contributed by atoms with van der Waals surface area (Å²) >= 11 is 0. The van der Waals surface area contributed by atoms with Crippen LogP contribution in [-0.2, 0) is 28.5 Å². The van der Waals surface area contributed by atoms with Gasteiger partial charge < -0.3 is 29.2 Å². The van der Waals surface area contributed by atoms with Crippen LogP contribution in [0.3, 0.4) is 0 Å². The molecule has 9 heteroatoms. The van der Waals surface area contributed by atoms with Crippen molar-refractivity contribution in [1.82, 2.24) is 4.90 Å². The topological polar surface area (TPSA) is 115 Å². The normalized spacial score (nSPS) is 19.8. The molecule has 1 fully saturated rings. The van der Waals surface area contributed by atoms with Gasteiger partial charge in [-0.15, -0.1) is 0 Å². The van der Waals surface area contributed by atoms with E-state index in [2.05, 4.69) is 0 Å². The molecule has 1 rings (SSSR count). The Morgan fingerprint density at radius 1 is 0.800 bits per heavy atom. The van der Waals surface area contributed by atoms with Gasteiger partial charge in [0.05, 0.1) is 70.7 Å². The molecule has 2 N–H and O–H groups in total. The largest absolute Gasteiger partial charge is 0.465 e. The third kappa shape index (κ3) is 11.8. The Balaban J connectivity index is 2.35. The van der Waals surface area contributed by atoms with Gasteiger partial charge in [-0.1, -0.05) is 27.7 Å². The number of likely N-dealkylation sites (tertiary alicyclic amines) is 1. The van der Waals surface area contributed by atoms with Crippen molar-refractivity contribution < 1.29 is 38.7 Å². The van der Waals surface area contributed by atoms with E-state index in [-0.39, 0.29) is 69.1 Å². The van der Waals surface area contributed by atoms with E-state index in [9.17, 15) is 19.8 Å². The molecule has 30 heavy (non-hydrogen) atoms. The summed E-state index contributed by atoms with van der Waals surface area (Å²) in [5.41, 5.74) is 0. The van der Waals surface area contributed by atoms with E-state index in [0.717, 1.165) is 0 Å². The minimum atomic E-state index is -0.815. The number of nitrogens with zero attached hydrogens (tertiary/aromatic N) is 1. The van der Waals surface area contributed by atoms with Crippen LogP contribution in [0.1, 0.15) is 40.5 Å². The number of ether oxygens (including phenoxy) is 4. The van der Waals surface area contributed by atoms with Crippen molar-refractivity contribution in [3.63, 3.8) is 0 Å². The average Bonchev–Trinajstić information content (AvgIpc) is 3.01. The van der Waals surface area contributed by atoms with Gasteiger partial charge in [0.15, 0.2) is 0 Å². The Bertz CT molecular complexity index is 457. The first-order chi connectivity index (χ1) is 14.2. The van der Waals surface area contributed by atoms with E-state index >= 15 is 0 Å². The van der Waals surface area contributed by atoms with Crippen LogP contribution in [0.15, 0.2) is 0 Å². The van der Waals surface area contributed by atoms with Crippen LogP contribution in [0, 0.1) is 11.8 Å². The number of esters is 2. The second-order valence-corrected chi connectivity index (χ2v) is 8.55. The predicted molar refractivity (Wildman–Crippen MR) is 110 cm³/mol. The van der Waals surface area contributed by atoms with Gasteiger partial charge in [0, 0.05) is 13.1 Å². The van der Waals surface area contributed by atoms with Crippen LogP contribution in [0.25, 0.3) is 0 Å². The van der Waals surface area contributed by atoms with Crippen molar-refractivity contribution in [3.05, 3.63) is 0 Å². The summed E-state index contributed by atoms with van der Waals surface area (Å²) in [4.78, 5) is 25.2. The predicted octanol–water partition coefficient (Wildman–Crippen LogP) is 0.604. The lowest BCUT2D eigenvalue weighted by Crippen LogP contribution is -2.41. The Morgan fingerprint density at radius 3 is 1.57 bits per heavy atom. The molecule has 9 nitrogen and oxygen atoms in total. The van der Waals surface area contributed by atoms with E-state index in [1.165, 1.54) is 0 Å². The molecule has 0 aromatic carbocycles. The average molecular weight is 434 g/mol. The lowest BCUT2D eigenvalue weighted by Gasteiger charge is -2.27. The molecule has 2 atom stereocenters. The first kappa shape index (κ1) is 26.8. The van der Waals surface area contributed by atoms with Gasteiger partial charge >= 0.3 is 11.9 Å². The highest BCUT2D eigenvalue weighted by Gasteiger charge is 2.34. The summed E-state index contributed by atoms with van der Waals surface area (Å²) < 4.78 is 21.5. The summed E-state index contributed by atoms with van der Waals surface area (Å²) in [6.07, 6.45) is -1.31. The molecule has 0 spiro atoms. The monoisotopic (exact) mass is 433 g/mol. The smallest absolute Gasteiger partial charge is 0.308 e. The minimum absolute atomic E-state index is 0.160. The molecule has 1 saturated heterocycles. The fourth-order valence-electron chi connectivity index (χ4n) is 2.77. The van der Waals surface area contributed by atoms with Crippen molar-refractivity contribution in [2.45, 2.75) is 58.8 Å². The molecular formula is C21H39NO8. The van der Waals surface area contributed by atoms with Crippen LogP contribution in [0.4, 0.5) is 0 Å². The highest BCUT2D eigenvalue weighted by atomic mass is 16.5. The number of aliphatic hydroxyl groups excluding tert-OH is 2. The Labute approximate surface area is 179 Å². The molecule has 1 heterocycles. The van der Waals surface area contributed by atoms with Crippen molar-refractivity contribution >= 4 is 11.9 Å². The van der Waals surface area contributed by atoms with Crippen LogP contribution >= 0.6 is 0 Å². The van der Waals surface area contributed by atoms with E-state index in [4.69, 9.17) is 18.9 Å². The van der Waals surface area contributed by atoms with E-state index < -0.39 is 12.2 Å². The van der Waals surface area contributed by atoms with E-state index in [0.29, 0.717) is 26.3 Å². The summed E-state index contributed by atoms with van der Waals surface area (Å²) in [6, 6.07) is -0.213. The summed E-state index contributed by atoms with van der Waals surface area (Å²) in [5.74, 6) is -0.0361. The Hall–Kier alpha value is -1.26. The number of hydrogen-bond acceptors (Lipinski definition) is 9. The van der Waals surface area contributed by atoms with E-state index in [1.54, 1.807) is 0 Å². The first-order valence-electron chi connectivity index (χ1n) is 10.8. The molecule has 0 unspecified atom stereocenters. The van der Waals surface area contributed by atoms with Gasteiger partial charge in [-0.05, 0) is 11.8 Å². The molecule has 0 bridgehead atoms. The fraction of sp³-hybridized carbons (Fsp3) is 0.905. The van der Waals surface area contributed by atoms with Gasteiger partial charge in [0.25, 0.3) is 0 Å². The minimum Gasteiger partial charge on any atom is -0.465 e. The highest BCUT2D eigenvalue weighted by molar-refractivity contribution is 5.69. The van der Waals surface area contributed by atoms with Crippen LogP contribution in [-0.4, -0.2) is 98.0 Å². The van der Waals surface area contributed by atoms with Crippen LogP contribution in [0.2, 0.25) is 0 Å². The summed E-state index contributed by atoms with van der Waals surface area (Å²) in [7, 11) is 0. The second-order valence-electron chi connectivity index (χ2n) is 8.55. The van der Waals surface area contributed by atoms with Crippen molar-refractivity contribution in [1.29, 1.82) is 0 Å². The summed E-state index contributed by atoms with van der Waals surface area (Å²) in [6.45, 7) is 10.3. The number of carbonyl (C=O) groups is 2. The molecule has 176 valence electrons.